The molecular weight excluding hydrogens is 365 g/mol. The van der Waals surface area contributed by atoms with Crippen LogP contribution in [-0.4, -0.2) is 23.1 Å². The molecule has 5 heteroatoms. The first-order valence-corrected chi connectivity index (χ1v) is 9.87. The van der Waals surface area contributed by atoms with Crippen molar-refractivity contribution < 1.29 is 5.11 Å². The Morgan fingerprint density at radius 3 is 2.54 bits per heavy atom. The van der Waals surface area contributed by atoms with Gasteiger partial charge in [0, 0.05) is 33.6 Å². The first-order chi connectivity index (χ1) is 11.5. The molecule has 1 aromatic carbocycles. The molecule has 2 rings (SSSR count). The van der Waals surface area contributed by atoms with Crippen LogP contribution in [0.3, 0.4) is 0 Å². The predicted molar refractivity (Wildman–Crippen MR) is 105 cm³/mol. The molecule has 1 aliphatic carbocycles. The maximum absolute atomic E-state index is 10.4. The number of rotatable bonds is 8. The van der Waals surface area contributed by atoms with Gasteiger partial charge < -0.3 is 10.4 Å². The Labute approximate surface area is 160 Å². The molecule has 0 unspecified atom stereocenters. The van der Waals surface area contributed by atoms with Gasteiger partial charge in [-0.15, -0.1) is 11.6 Å². The summed E-state index contributed by atoms with van der Waals surface area (Å²) in [6.45, 7) is 2.86. The van der Waals surface area contributed by atoms with E-state index in [0.717, 1.165) is 18.5 Å². The summed E-state index contributed by atoms with van der Waals surface area (Å²) in [7, 11) is 0. The molecule has 1 saturated carbocycles. The maximum atomic E-state index is 10.4. The SMILES string of the molecule is CCCC/C=C\C[C@@H]1[C@@H](CNc2cc(Cl)cc(Cl)c2)[C@H](O)C[C@H]1Cl. The number of benzene rings is 1. The van der Waals surface area contributed by atoms with Crippen molar-refractivity contribution in [3.8, 4) is 0 Å². The number of allylic oxidation sites excluding steroid dienone is 2. The Balaban J connectivity index is 1.93. The Bertz CT molecular complexity index is 529. The minimum atomic E-state index is -0.372. The Kier molecular flexibility index (Phi) is 8.22. The second-order valence-corrected chi connectivity index (χ2v) is 7.97. The normalized spacial score (nSPS) is 27.0. The third kappa shape index (κ3) is 5.84. The van der Waals surface area contributed by atoms with Gasteiger partial charge in [0.15, 0.2) is 0 Å². The zero-order valence-corrected chi connectivity index (χ0v) is 16.3. The van der Waals surface area contributed by atoms with Crippen LogP contribution in [0.25, 0.3) is 0 Å². The van der Waals surface area contributed by atoms with Crippen LogP contribution >= 0.6 is 34.8 Å². The van der Waals surface area contributed by atoms with Crippen molar-refractivity contribution >= 4 is 40.5 Å². The van der Waals surface area contributed by atoms with Crippen molar-refractivity contribution in [1.29, 1.82) is 0 Å². The van der Waals surface area contributed by atoms with Gasteiger partial charge in [0.1, 0.15) is 0 Å². The van der Waals surface area contributed by atoms with Crippen LogP contribution < -0.4 is 5.32 Å². The highest BCUT2D eigenvalue weighted by Gasteiger charge is 2.40. The summed E-state index contributed by atoms with van der Waals surface area (Å²) in [4.78, 5) is 0. The topological polar surface area (TPSA) is 32.3 Å². The van der Waals surface area contributed by atoms with Gasteiger partial charge in [-0.1, -0.05) is 55.1 Å². The summed E-state index contributed by atoms with van der Waals surface area (Å²) in [6.07, 6.45) is 9.19. The second kappa shape index (κ2) is 9.91. The van der Waals surface area contributed by atoms with Gasteiger partial charge >= 0.3 is 0 Å². The lowest BCUT2D eigenvalue weighted by atomic mass is 9.91. The summed E-state index contributed by atoms with van der Waals surface area (Å²) in [5, 5.41) is 14.9. The Morgan fingerprint density at radius 1 is 1.17 bits per heavy atom. The van der Waals surface area contributed by atoms with E-state index in [0.29, 0.717) is 23.0 Å². The van der Waals surface area contributed by atoms with E-state index < -0.39 is 0 Å². The van der Waals surface area contributed by atoms with Gasteiger partial charge in [-0.05, 0) is 43.4 Å². The van der Waals surface area contributed by atoms with Gasteiger partial charge in [0.2, 0.25) is 0 Å². The molecule has 0 heterocycles. The first-order valence-electron chi connectivity index (χ1n) is 8.68. The molecular formula is C19H26Cl3NO. The second-order valence-electron chi connectivity index (χ2n) is 6.54. The molecule has 1 aliphatic rings. The zero-order chi connectivity index (χ0) is 17.5. The van der Waals surface area contributed by atoms with E-state index in [1.807, 2.05) is 12.1 Å². The monoisotopic (exact) mass is 389 g/mol. The predicted octanol–water partition coefficient (Wildman–Crippen LogP) is 6.15. The van der Waals surface area contributed by atoms with Gasteiger partial charge in [-0.3, -0.25) is 0 Å². The highest BCUT2D eigenvalue weighted by molar-refractivity contribution is 6.35. The van der Waals surface area contributed by atoms with Crippen LogP contribution in [0.1, 0.15) is 39.0 Å². The summed E-state index contributed by atoms with van der Waals surface area (Å²) < 4.78 is 0. The van der Waals surface area contributed by atoms with Crippen LogP contribution in [0.4, 0.5) is 5.69 Å². The van der Waals surface area contributed by atoms with Crippen LogP contribution in [-0.2, 0) is 0 Å². The summed E-state index contributed by atoms with van der Waals surface area (Å²) >= 11 is 18.5. The molecule has 4 atom stereocenters. The van der Waals surface area contributed by atoms with Crippen LogP contribution in [0.2, 0.25) is 10.0 Å². The van der Waals surface area contributed by atoms with E-state index in [9.17, 15) is 5.11 Å². The van der Waals surface area contributed by atoms with E-state index in [1.54, 1.807) is 6.07 Å². The standard InChI is InChI=1S/C19H26Cl3NO/c1-2-3-4-5-6-7-16-17(19(24)11-18(16)22)12-23-15-9-13(20)8-14(21)10-15/h5-6,8-10,16-19,23-24H,2-4,7,11-12H2,1H3/b6-5-/t16-,17-,18-,19-/m1/s1. The quantitative estimate of drug-likeness (QED) is 0.317. The molecule has 2 N–H and O–H groups in total. The van der Waals surface area contributed by atoms with Crippen molar-refractivity contribution in [2.45, 2.75) is 50.5 Å². The third-order valence-corrected chi connectivity index (χ3v) is 5.62. The third-order valence-electron chi connectivity index (χ3n) is 4.68. The summed E-state index contributed by atoms with van der Waals surface area (Å²) in [6, 6.07) is 5.39. The largest absolute Gasteiger partial charge is 0.393 e. The van der Waals surface area contributed by atoms with Gasteiger partial charge in [0.25, 0.3) is 0 Å². The lowest BCUT2D eigenvalue weighted by Gasteiger charge is -2.23. The van der Waals surface area contributed by atoms with Gasteiger partial charge in [-0.25, -0.2) is 0 Å². The number of halogens is 3. The zero-order valence-electron chi connectivity index (χ0n) is 14.0. The number of hydrogen-bond acceptors (Lipinski definition) is 2. The van der Waals surface area contributed by atoms with Crippen molar-refractivity contribution in [2.75, 3.05) is 11.9 Å². The van der Waals surface area contributed by atoms with Crippen LogP contribution in [0.15, 0.2) is 30.4 Å². The van der Waals surface area contributed by atoms with Crippen molar-refractivity contribution in [1.82, 2.24) is 0 Å². The summed E-state index contributed by atoms with van der Waals surface area (Å²) in [5.41, 5.74) is 0.870. The molecule has 2 nitrogen and oxygen atoms in total. The number of unbranched alkanes of at least 4 members (excludes halogenated alkanes) is 2. The number of aliphatic hydroxyl groups is 1. The molecule has 0 amide bonds. The van der Waals surface area contributed by atoms with Crippen molar-refractivity contribution in [3.05, 3.63) is 40.4 Å². The molecule has 1 aromatic rings. The molecule has 0 bridgehead atoms. The van der Waals surface area contributed by atoms with Crippen LogP contribution in [0.5, 0.6) is 0 Å². The van der Waals surface area contributed by atoms with E-state index in [1.165, 1.54) is 12.8 Å². The fourth-order valence-corrected chi connectivity index (χ4v) is 4.33. The molecule has 0 radical (unpaired) electrons. The fourth-order valence-electron chi connectivity index (χ4n) is 3.33. The lowest BCUT2D eigenvalue weighted by Crippen LogP contribution is -2.28. The number of aliphatic hydroxyl groups excluding tert-OH is 1. The number of alkyl halides is 1. The van der Waals surface area contributed by atoms with Crippen molar-refractivity contribution in [3.63, 3.8) is 0 Å². The molecule has 134 valence electrons. The highest BCUT2D eigenvalue weighted by Crippen LogP contribution is 2.39. The Morgan fingerprint density at radius 2 is 1.88 bits per heavy atom. The van der Waals surface area contributed by atoms with Crippen LogP contribution in [0, 0.1) is 11.8 Å². The molecule has 0 saturated heterocycles. The van der Waals surface area contributed by atoms with E-state index in [4.69, 9.17) is 34.8 Å². The summed E-state index contributed by atoms with van der Waals surface area (Å²) in [5.74, 6) is 0.405. The van der Waals surface area contributed by atoms with E-state index >= 15 is 0 Å². The fraction of sp³-hybridized carbons (Fsp3) is 0.579. The molecule has 0 spiro atoms. The smallest absolute Gasteiger partial charge is 0.0602 e. The maximum Gasteiger partial charge on any atom is 0.0602 e. The average Bonchev–Trinajstić information content (AvgIpc) is 2.78. The lowest BCUT2D eigenvalue weighted by molar-refractivity contribution is 0.124. The van der Waals surface area contributed by atoms with Gasteiger partial charge in [0.05, 0.1) is 6.10 Å². The minimum Gasteiger partial charge on any atom is -0.393 e. The number of nitrogens with one attached hydrogen (secondary N) is 1. The highest BCUT2D eigenvalue weighted by atomic mass is 35.5. The molecule has 0 aliphatic heterocycles. The van der Waals surface area contributed by atoms with E-state index in [-0.39, 0.29) is 23.3 Å². The van der Waals surface area contributed by atoms with Gasteiger partial charge in [-0.2, -0.15) is 0 Å². The minimum absolute atomic E-state index is 0.0191. The van der Waals surface area contributed by atoms with E-state index in [2.05, 4.69) is 24.4 Å². The Hall–Kier alpha value is -0.410. The molecule has 24 heavy (non-hydrogen) atoms. The average molecular weight is 391 g/mol. The molecule has 1 fully saturated rings. The van der Waals surface area contributed by atoms with Crippen molar-refractivity contribution in [2.24, 2.45) is 11.8 Å². The first kappa shape index (κ1) is 19.9. The molecule has 0 aromatic heterocycles. The number of anilines is 1. The number of hydrogen-bond donors (Lipinski definition) is 2.